The zero-order chi connectivity index (χ0) is 10.7. The van der Waals surface area contributed by atoms with Crippen LogP contribution in [0, 0.1) is 5.41 Å². The van der Waals surface area contributed by atoms with Crippen LogP contribution in [0.2, 0.25) is 0 Å². The molecule has 0 saturated carbocycles. The lowest BCUT2D eigenvalue weighted by Gasteiger charge is -2.29. The van der Waals surface area contributed by atoms with Crippen molar-refractivity contribution in [2.45, 2.75) is 53.0 Å². The minimum absolute atomic E-state index is 0.0316. The molecule has 0 aliphatic carbocycles. The smallest absolute Gasteiger partial charge is 0.260 e. The summed E-state index contributed by atoms with van der Waals surface area (Å²) < 4.78 is 25.7. The maximum Gasteiger partial charge on any atom is 0.260 e. The fourth-order valence-corrected chi connectivity index (χ4v) is 0.734. The molecule has 80 valence electrons. The molecule has 1 unspecified atom stereocenters. The summed E-state index contributed by atoms with van der Waals surface area (Å²) in [6, 6.07) is 0.102. The average molecular weight is 193 g/mol. The summed E-state index contributed by atoms with van der Waals surface area (Å²) in [5, 5.41) is 2.86. The Morgan fingerprint density at radius 3 is 2.00 bits per heavy atom. The molecule has 1 nitrogen and oxygen atoms in total. The van der Waals surface area contributed by atoms with E-state index in [4.69, 9.17) is 0 Å². The van der Waals surface area contributed by atoms with Gasteiger partial charge in [0.2, 0.25) is 0 Å². The summed E-state index contributed by atoms with van der Waals surface area (Å²) in [6.07, 6.45) is -0.100. The van der Waals surface area contributed by atoms with Gasteiger partial charge in [-0.25, -0.2) is 8.78 Å². The molecule has 0 amide bonds. The highest BCUT2D eigenvalue weighted by Gasteiger charge is 2.28. The molecule has 0 fully saturated rings. The van der Waals surface area contributed by atoms with Crippen molar-refractivity contribution < 1.29 is 8.78 Å². The molecular weight excluding hydrogens is 172 g/mol. The number of rotatable bonds is 4. The summed E-state index contributed by atoms with van der Waals surface area (Å²) in [7, 11) is 0. The molecule has 0 rings (SSSR count). The van der Waals surface area contributed by atoms with Gasteiger partial charge in [-0.1, -0.05) is 27.7 Å². The van der Waals surface area contributed by atoms with Gasteiger partial charge in [-0.15, -0.1) is 0 Å². The van der Waals surface area contributed by atoms with Gasteiger partial charge < -0.3 is 5.32 Å². The number of halogens is 2. The molecule has 3 heteroatoms. The summed E-state index contributed by atoms with van der Waals surface area (Å²) in [4.78, 5) is 0. The Morgan fingerprint density at radius 1 is 1.23 bits per heavy atom. The minimum Gasteiger partial charge on any atom is -0.308 e. The van der Waals surface area contributed by atoms with Crippen molar-refractivity contribution in [1.29, 1.82) is 0 Å². The van der Waals surface area contributed by atoms with Crippen molar-refractivity contribution >= 4 is 0 Å². The number of hydrogen-bond donors (Lipinski definition) is 1. The van der Waals surface area contributed by atoms with Crippen molar-refractivity contribution in [3.05, 3.63) is 0 Å². The molecule has 0 radical (unpaired) electrons. The summed E-state index contributed by atoms with van der Waals surface area (Å²) in [5.41, 5.74) is 0.0316. The monoisotopic (exact) mass is 193 g/mol. The molecule has 0 aromatic heterocycles. The predicted molar refractivity (Wildman–Crippen MR) is 52.2 cm³/mol. The van der Waals surface area contributed by atoms with E-state index in [9.17, 15) is 8.78 Å². The van der Waals surface area contributed by atoms with Gasteiger partial charge in [-0.05, 0) is 12.3 Å². The van der Waals surface area contributed by atoms with E-state index in [0.717, 1.165) is 0 Å². The molecular formula is C10H21F2N. The topological polar surface area (TPSA) is 12.0 Å². The van der Waals surface area contributed by atoms with E-state index in [1.165, 1.54) is 6.92 Å². The standard InChI is InChI=1S/C10H21F2N/c1-6-10(11,12)7-13-8(2)9(3,4)5/h8,13H,6-7H2,1-5H3. The third-order valence-electron chi connectivity index (χ3n) is 2.48. The fraction of sp³-hybridized carbons (Fsp3) is 1.00. The number of alkyl halides is 2. The zero-order valence-corrected chi connectivity index (χ0v) is 9.25. The van der Waals surface area contributed by atoms with Gasteiger partial charge in [0.05, 0.1) is 6.54 Å². The molecule has 0 aromatic rings. The molecule has 0 aromatic carbocycles. The Balaban J connectivity index is 3.90. The van der Waals surface area contributed by atoms with Gasteiger partial charge in [-0.2, -0.15) is 0 Å². The third kappa shape index (κ3) is 5.19. The highest BCUT2D eigenvalue weighted by atomic mass is 19.3. The maximum atomic E-state index is 12.8. The van der Waals surface area contributed by atoms with Crippen LogP contribution in [0.25, 0.3) is 0 Å². The Morgan fingerprint density at radius 2 is 1.69 bits per heavy atom. The lowest BCUT2D eigenvalue weighted by molar-refractivity contribution is -0.00676. The van der Waals surface area contributed by atoms with Crippen LogP contribution in [0.3, 0.4) is 0 Å². The van der Waals surface area contributed by atoms with Gasteiger partial charge in [0, 0.05) is 12.5 Å². The first-order chi connectivity index (χ1) is 5.69. The fourth-order valence-electron chi connectivity index (χ4n) is 0.734. The van der Waals surface area contributed by atoms with Gasteiger partial charge >= 0.3 is 0 Å². The predicted octanol–water partition coefficient (Wildman–Crippen LogP) is 3.06. The first kappa shape index (κ1) is 12.8. The van der Waals surface area contributed by atoms with E-state index >= 15 is 0 Å². The Labute approximate surface area is 79.9 Å². The van der Waals surface area contributed by atoms with E-state index in [2.05, 4.69) is 5.32 Å². The van der Waals surface area contributed by atoms with Crippen molar-refractivity contribution in [3.63, 3.8) is 0 Å². The van der Waals surface area contributed by atoms with Crippen LogP contribution in [0.15, 0.2) is 0 Å². The first-order valence-corrected chi connectivity index (χ1v) is 4.80. The van der Waals surface area contributed by atoms with E-state index in [1.807, 2.05) is 27.7 Å². The van der Waals surface area contributed by atoms with Crippen LogP contribution in [0.1, 0.15) is 41.0 Å². The van der Waals surface area contributed by atoms with Gasteiger partial charge in [0.1, 0.15) is 0 Å². The van der Waals surface area contributed by atoms with Crippen molar-refractivity contribution in [2.75, 3.05) is 6.54 Å². The van der Waals surface area contributed by atoms with Gasteiger partial charge in [-0.3, -0.25) is 0 Å². The third-order valence-corrected chi connectivity index (χ3v) is 2.48. The summed E-state index contributed by atoms with van der Waals surface area (Å²) in [5.74, 6) is -2.57. The van der Waals surface area contributed by atoms with Gasteiger partial charge in [0.25, 0.3) is 5.92 Å². The lowest BCUT2D eigenvalue weighted by atomic mass is 9.88. The molecule has 0 aliphatic rings. The van der Waals surface area contributed by atoms with Crippen molar-refractivity contribution in [1.82, 2.24) is 5.32 Å². The van der Waals surface area contributed by atoms with Crippen LogP contribution >= 0.6 is 0 Å². The second-order valence-electron chi connectivity index (χ2n) is 4.68. The Hall–Kier alpha value is -0.180. The first-order valence-electron chi connectivity index (χ1n) is 4.80. The van der Waals surface area contributed by atoms with Crippen LogP contribution in [-0.2, 0) is 0 Å². The van der Waals surface area contributed by atoms with Crippen molar-refractivity contribution in [2.24, 2.45) is 5.41 Å². The zero-order valence-electron chi connectivity index (χ0n) is 9.25. The second kappa shape index (κ2) is 4.36. The SMILES string of the molecule is CCC(F)(F)CNC(C)C(C)(C)C. The average Bonchev–Trinajstić information content (AvgIpc) is 1.98. The molecule has 0 saturated heterocycles. The normalized spacial score (nSPS) is 15.9. The minimum atomic E-state index is -2.57. The molecule has 0 bridgehead atoms. The van der Waals surface area contributed by atoms with Gasteiger partial charge in [0.15, 0.2) is 0 Å². The quantitative estimate of drug-likeness (QED) is 0.723. The largest absolute Gasteiger partial charge is 0.308 e. The highest BCUT2D eigenvalue weighted by Crippen LogP contribution is 2.21. The maximum absolute atomic E-state index is 12.8. The molecule has 0 spiro atoms. The van der Waals surface area contributed by atoms with E-state index in [1.54, 1.807) is 0 Å². The number of nitrogens with one attached hydrogen (secondary N) is 1. The Bertz CT molecular complexity index is 149. The van der Waals surface area contributed by atoms with Crippen molar-refractivity contribution in [3.8, 4) is 0 Å². The number of hydrogen-bond acceptors (Lipinski definition) is 1. The van der Waals surface area contributed by atoms with Crippen LogP contribution in [0.5, 0.6) is 0 Å². The van der Waals surface area contributed by atoms with Crippen LogP contribution in [-0.4, -0.2) is 18.5 Å². The van der Waals surface area contributed by atoms with E-state index in [0.29, 0.717) is 0 Å². The molecule has 0 aliphatic heterocycles. The van der Waals surface area contributed by atoms with Crippen LogP contribution in [0.4, 0.5) is 8.78 Å². The molecule has 1 atom stereocenters. The Kier molecular flexibility index (Phi) is 4.30. The molecule has 13 heavy (non-hydrogen) atoms. The molecule has 1 N–H and O–H groups in total. The second-order valence-corrected chi connectivity index (χ2v) is 4.68. The summed E-state index contributed by atoms with van der Waals surface area (Å²) in [6.45, 7) is 9.33. The molecule has 0 heterocycles. The van der Waals surface area contributed by atoms with E-state index < -0.39 is 5.92 Å². The highest BCUT2D eigenvalue weighted by molar-refractivity contribution is 4.78. The lowest BCUT2D eigenvalue weighted by Crippen LogP contribution is -2.43. The van der Waals surface area contributed by atoms with E-state index in [-0.39, 0.29) is 24.4 Å². The van der Waals surface area contributed by atoms with Crippen LogP contribution < -0.4 is 5.32 Å². The summed E-state index contributed by atoms with van der Waals surface area (Å²) >= 11 is 0.